The number of carbonyl (C=O) groups is 1. The third-order valence-corrected chi connectivity index (χ3v) is 4.54. The van der Waals surface area contributed by atoms with Gasteiger partial charge in [0, 0.05) is 31.9 Å². The van der Waals surface area contributed by atoms with E-state index in [-0.39, 0.29) is 5.91 Å². The fraction of sp³-hybridized carbons (Fsp3) is 0.444. The molecule has 0 bridgehead atoms. The molecule has 0 aliphatic carbocycles. The average molecular weight is 312 g/mol. The first-order valence-electron chi connectivity index (χ1n) is 8.19. The van der Waals surface area contributed by atoms with Crippen LogP contribution in [-0.2, 0) is 13.5 Å². The number of carbonyl (C=O) groups excluding carboxylic acids is 1. The molecule has 1 N–H and O–H groups in total. The Hall–Kier alpha value is -2.30. The highest BCUT2D eigenvalue weighted by Gasteiger charge is 2.22. The Morgan fingerprint density at radius 2 is 2.17 bits per heavy atom. The Morgan fingerprint density at radius 3 is 2.91 bits per heavy atom. The van der Waals surface area contributed by atoms with Gasteiger partial charge in [0.05, 0.1) is 5.69 Å². The number of aryl methyl sites for hydroxylation is 3. The number of hydrogen-bond donors (Lipinski definition) is 1. The SMILES string of the molecule is Cc1cc(C(=O)NCCN2c3ccccc3CC[C@H]2C)n(C)n1. The third kappa shape index (κ3) is 3.23. The predicted octanol–water partition coefficient (Wildman–Crippen LogP) is 2.30. The number of anilines is 1. The number of fused-ring (bicyclic) bond motifs is 1. The van der Waals surface area contributed by atoms with Gasteiger partial charge in [-0.1, -0.05) is 18.2 Å². The zero-order chi connectivity index (χ0) is 16.4. The number of rotatable bonds is 4. The molecule has 122 valence electrons. The van der Waals surface area contributed by atoms with E-state index in [4.69, 9.17) is 0 Å². The molecule has 1 atom stereocenters. The highest BCUT2D eigenvalue weighted by molar-refractivity contribution is 5.92. The van der Waals surface area contributed by atoms with Gasteiger partial charge in [-0.05, 0) is 44.4 Å². The minimum absolute atomic E-state index is 0.0638. The van der Waals surface area contributed by atoms with Crippen molar-refractivity contribution in [2.75, 3.05) is 18.0 Å². The van der Waals surface area contributed by atoms with E-state index in [1.54, 1.807) is 11.7 Å². The van der Waals surface area contributed by atoms with Crippen molar-refractivity contribution < 1.29 is 4.79 Å². The van der Waals surface area contributed by atoms with E-state index in [9.17, 15) is 4.79 Å². The van der Waals surface area contributed by atoms with Gasteiger partial charge in [0.1, 0.15) is 5.69 Å². The largest absolute Gasteiger partial charge is 0.367 e. The van der Waals surface area contributed by atoms with Crippen LogP contribution in [0.3, 0.4) is 0 Å². The van der Waals surface area contributed by atoms with E-state index in [0.29, 0.717) is 18.3 Å². The van der Waals surface area contributed by atoms with Crippen LogP contribution >= 0.6 is 0 Å². The van der Waals surface area contributed by atoms with Crippen molar-refractivity contribution in [3.05, 3.63) is 47.3 Å². The molecule has 1 aliphatic heterocycles. The van der Waals surface area contributed by atoms with Crippen molar-refractivity contribution in [1.29, 1.82) is 0 Å². The number of nitrogens with zero attached hydrogens (tertiary/aromatic N) is 3. The van der Waals surface area contributed by atoms with Crippen LogP contribution in [-0.4, -0.2) is 34.8 Å². The minimum Gasteiger partial charge on any atom is -0.367 e. The average Bonchev–Trinajstić information content (AvgIpc) is 2.88. The number of aromatic nitrogens is 2. The topological polar surface area (TPSA) is 50.2 Å². The van der Waals surface area contributed by atoms with Crippen LogP contribution < -0.4 is 10.2 Å². The highest BCUT2D eigenvalue weighted by Crippen LogP contribution is 2.29. The lowest BCUT2D eigenvalue weighted by atomic mass is 9.97. The Kier molecular flexibility index (Phi) is 4.37. The Morgan fingerprint density at radius 1 is 1.39 bits per heavy atom. The molecular formula is C18H24N4O. The summed E-state index contributed by atoms with van der Waals surface area (Å²) in [5.41, 5.74) is 4.17. The maximum atomic E-state index is 12.3. The summed E-state index contributed by atoms with van der Waals surface area (Å²) in [6.07, 6.45) is 2.29. The molecule has 0 fully saturated rings. The first-order chi connectivity index (χ1) is 11.1. The fourth-order valence-electron chi connectivity index (χ4n) is 3.30. The zero-order valence-corrected chi connectivity index (χ0v) is 14.0. The second-order valence-electron chi connectivity index (χ2n) is 6.26. The zero-order valence-electron chi connectivity index (χ0n) is 14.0. The van der Waals surface area contributed by atoms with E-state index in [1.807, 2.05) is 13.0 Å². The molecule has 0 unspecified atom stereocenters. The van der Waals surface area contributed by atoms with Gasteiger partial charge in [0.2, 0.25) is 0 Å². The van der Waals surface area contributed by atoms with E-state index in [0.717, 1.165) is 25.1 Å². The molecule has 2 aromatic rings. The van der Waals surface area contributed by atoms with Gasteiger partial charge in [0.25, 0.3) is 5.91 Å². The standard InChI is InChI=1S/C18H24N4O/c1-13-12-17(21(3)20-13)18(23)19-10-11-22-14(2)8-9-15-6-4-5-7-16(15)22/h4-7,12,14H,8-11H2,1-3H3,(H,19,23)/t14-/m1/s1. The van der Waals surface area contributed by atoms with Gasteiger partial charge in [-0.25, -0.2) is 0 Å². The minimum atomic E-state index is -0.0638. The summed E-state index contributed by atoms with van der Waals surface area (Å²) in [7, 11) is 1.80. The van der Waals surface area contributed by atoms with Crippen molar-refractivity contribution in [2.45, 2.75) is 32.7 Å². The molecule has 23 heavy (non-hydrogen) atoms. The van der Waals surface area contributed by atoms with Gasteiger partial charge in [0.15, 0.2) is 0 Å². The molecule has 0 radical (unpaired) electrons. The van der Waals surface area contributed by atoms with Crippen LogP contribution in [0, 0.1) is 6.92 Å². The van der Waals surface area contributed by atoms with Crippen molar-refractivity contribution in [2.24, 2.45) is 7.05 Å². The molecule has 5 heteroatoms. The van der Waals surface area contributed by atoms with Gasteiger partial charge in [-0.2, -0.15) is 5.10 Å². The van der Waals surface area contributed by atoms with Crippen LogP contribution in [0.15, 0.2) is 30.3 Å². The van der Waals surface area contributed by atoms with Crippen LogP contribution in [0.25, 0.3) is 0 Å². The summed E-state index contributed by atoms with van der Waals surface area (Å²) in [5.74, 6) is -0.0638. The predicted molar refractivity (Wildman–Crippen MR) is 91.8 cm³/mol. The number of benzene rings is 1. The lowest BCUT2D eigenvalue weighted by molar-refractivity contribution is 0.0945. The summed E-state index contributed by atoms with van der Waals surface area (Å²) in [5, 5.41) is 7.23. The van der Waals surface area contributed by atoms with Crippen LogP contribution in [0.2, 0.25) is 0 Å². The molecule has 0 saturated heterocycles. The summed E-state index contributed by atoms with van der Waals surface area (Å²) >= 11 is 0. The van der Waals surface area contributed by atoms with Crippen LogP contribution in [0.4, 0.5) is 5.69 Å². The molecule has 1 aliphatic rings. The summed E-state index contributed by atoms with van der Waals surface area (Å²) in [4.78, 5) is 14.7. The van der Waals surface area contributed by atoms with E-state index >= 15 is 0 Å². The van der Waals surface area contributed by atoms with E-state index in [2.05, 4.69) is 46.5 Å². The molecule has 3 rings (SSSR count). The molecule has 0 saturated carbocycles. The van der Waals surface area contributed by atoms with Crippen molar-refractivity contribution >= 4 is 11.6 Å². The second kappa shape index (κ2) is 6.44. The molecule has 5 nitrogen and oxygen atoms in total. The number of hydrogen-bond acceptors (Lipinski definition) is 3. The van der Waals surface area contributed by atoms with E-state index < -0.39 is 0 Å². The quantitative estimate of drug-likeness (QED) is 0.942. The highest BCUT2D eigenvalue weighted by atomic mass is 16.2. The number of nitrogens with one attached hydrogen (secondary N) is 1. The van der Waals surface area contributed by atoms with Crippen molar-refractivity contribution in [1.82, 2.24) is 15.1 Å². The Labute approximate surface area is 137 Å². The summed E-state index contributed by atoms with van der Waals surface area (Å²) < 4.78 is 1.63. The molecule has 0 spiro atoms. The second-order valence-corrected chi connectivity index (χ2v) is 6.26. The molecule has 1 amide bonds. The van der Waals surface area contributed by atoms with E-state index in [1.165, 1.54) is 11.3 Å². The van der Waals surface area contributed by atoms with Crippen LogP contribution in [0.1, 0.15) is 35.1 Å². The van der Waals surface area contributed by atoms with Crippen molar-refractivity contribution in [3.8, 4) is 0 Å². The van der Waals surface area contributed by atoms with Gasteiger partial charge < -0.3 is 10.2 Å². The maximum Gasteiger partial charge on any atom is 0.269 e. The first kappa shape index (κ1) is 15.6. The van der Waals surface area contributed by atoms with Gasteiger partial charge in [-0.3, -0.25) is 9.48 Å². The van der Waals surface area contributed by atoms with Crippen LogP contribution in [0.5, 0.6) is 0 Å². The monoisotopic (exact) mass is 312 g/mol. The lowest BCUT2D eigenvalue weighted by Gasteiger charge is -2.37. The molecule has 2 heterocycles. The molecule has 1 aromatic carbocycles. The smallest absolute Gasteiger partial charge is 0.269 e. The summed E-state index contributed by atoms with van der Waals surface area (Å²) in [6, 6.07) is 10.9. The number of para-hydroxylation sites is 1. The molecule has 1 aromatic heterocycles. The molecular weight excluding hydrogens is 288 g/mol. The van der Waals surface area contributed by atoms with Gasteiger partial charge in [-0.15, -0.1) is 0 Å². The third-order valence-electron chi connectivity index (χ3n) is 4.54. The Bertz CT molecular complexity index is 707. The fourth-order valence-corrected chi connectivity index (χ4v) is 3.30. The number of amides is 1. The maximum absolute atomic E-state index is 12.3. The first-order valence-corrected chi connectivity index (χ1v) is 8.19. The van der Waals surface area contributed by atoms with Crippen molar-refractivity contribution in [3.63, 3.8) is 0 Å². The van der Waals surface area contributed by atoms with Gasteiger partial charge >= 0.3 is 0 Å². The lowest BCUT2D eigenvalue weighted by Crippen LogP contribution is -2.42. The normalized spacial score (nSPS) is 17.0. The summed E-state index contributed by atoms with van der Waals surface area (Å²) in [6.45, 7) is 5.59. The Balaban J connectivity index is 1.62.